The van der Waals surface area contributed by atoms with Gasteiger partial charge in [0.05, 0.1) is 18.2 Å². The molecule has 142 valence electrons. The first-order chi connectivity index (χ1) is 13.4. The molecular formula is C22H20N2O4. The Kier molecular flexibility index (Phi) is 4.26. The molecule has 0 aliphatic carbocycles. The highest BCUT2D eigenvalue weighted by Crippen LogP contribution is 2.32. The molecule has 1 amide bonds. The SMILES string of the molecule is Cc1cccnc1NC(=O)Cc1c(C)c2cc3c(C)coc3c(C)c2oc1=O. The van der Waals surface area contributed by atoms with Gasteiger partial charge in [0.25, 0.3) is 0 Å². The van der Waals surface area contributed by atoms with Crippen LogP contribution in [0.3, 0.4) is 0 Å². The number of hydrogen-bond donors (Lipinski definition) is 1. The molecule has 28 heavy (non-hydrogen) atoms. The highest BCUT2D eigenvalue weighted by Gasteiger charge is 2.19. The second-order valence-electron chi connectivity index (χ2n) is 7.06. The van der Waals surface area contributed by atoms with Crippen molar-refractivity contribution in [1.29, 1.82) is 0 Å². The summed E-state index contributed by atoms with van der Waals surface area (Å²) in [6.07, 6.45) is 3.22. The largest absolute Gasteiger partial charge is 0.464 e. The predicted molar refractivity (Wildman–Crippen MR) is 108 cm³/mol. The molecule has 0 fully saturated rings. The van der Waals surface area contributed by atoms with Crippen LogP contribution in [0.4, 0.5) is 5.82 Å². The van der Waals surface area contributed by atoms with E-state index in [9.17, 15) is 9.59 Å². The zero-order valence-electron chi connectivity index (χ0n) is 16.2. The first-order valence-corrected chi connectivity index (χ1v) is 9.02. The molecule has 0 saturated carbocycles. The van der Waals surface area contributed by atoms with Gasteiger partial charge < -0.3 is 14.2 Å². The van der Waals surface area contributed by atoms with Crippen molar-refractivity contribution in [2.24, 2.45) is 0 Å². The lowest BCUT2D eigenvalue weighted by atomic mass is 9.99. The fourth-order valence-electron chi connectivity index (χ4n) is 3.48. The molecular weight excluding hydrogens is 356 g/mol. The molecule has 0 radical (unpaired) electrons. The number of amides is 1. The molecule has 1 aromatic carbocycles. The number of fused-ring (bicyclic) bond motifs is 2. The predicted octanol–water partition coefficient (Wildman–Crippen LogP) is 4.35. The van der Waals surface area contributed by atoms with Gasteiger partial charge in [0.1, 0.15) is 17.0 Å². The molecule has 6 heteroatoms. The number of furan rings is 1. The Morgan fingerprint density at radius 3 is 2.61 bits per heavy atom. The van der Waals surface area contributed by atoms with Gasteiger partial charge in [-0.3, -0.25) is 4.79 Å². The summed E-state index contributed by atoms with van der Waals surface area (Å²) in [6, 6.07) is 5.62. The first-order valence-electron chi connectivity index (χ1n) is 9.02. The molecule has 4 aromatic rings. The maximum Gasteiger partial charge on any atom is 0.340 e. The van der Waals surface area contributed by atoms with E-state index in [1.807, 2.05) is 39.8 Å². The fraction of sp³-hybridized carbons (Fsp3) is 0.227. The van der Waals surface area contributed by atoms with E-state index in [0.717, 1.165) is 33.0 Å². The molecule has 0 atom stereocenters. The van der Waals surface area contributed by atoms with Gasteiger partial charge in [-0.15, -0.1) is 0 Å². The number of benzene rings is 1. The van der Waals surface area contributed by atoms with Crippen LogP contribution in [0, 0.1) is 27.7 Å². The normalized spacial score (nSPS) is 11.3. The van der Waals surface area contributed by atoms with Gasteiger partial charge in [0.2, 0.25) is 5.91 Å². The van der Waals surface area contributed by atoms with E-state index in [1.165, 1.54) is 0 Å². The molecule has 6 nitrogen and oxygen atoms in total. The lowest BCUT2D eigenvalue weighted by Crippen LogP contribution is -2.21. The summed E-state index contributed by atoms with van der Waals surface area (Å²) < 4.78 is 11.2. The summed E-state index contributed by atoms with van der Waals surface area (Å²) in [7, 11) is 0. The lowest BCUT2D eigenvalue weighted by molar-refractivity contribution is -0.115. The van der Waals surface area contributed by atoms with Crippen LogP contribution in [0.1, 0.15) is 27.8 Å². The second-order valence-corrected chi connectivity index (χ2v) is 7.06. The molecule has 0 unspecified atom stereocenters. The van der Waals surface area contributed by atoms with Crippen LogP contribution in [0.25, 0.3) is 21.9 Å². The van der Waals surface area contributed by atoms with E-state index >= 15 is 0 Å². The monoisotopic (exact) mass is 376 g/mol. The standard InChI is InChI=1S/C22H20N2O4/c1-11-6-5-7-23-21(11)24-18(25)9-17-13(3)16-8-15-12(2)10-27-19(15)14(4)20(16)28-22(17)26/h5-8,10H,9H2,1-4H3,(H,23,24,25). The van der Waals surface area contributed by atoms with Crippen LogP contribution in [0.15, 0.2) is 44.3 Å². The number of rotatable bonds is 3. The van der Waals surface area contributed by atoms with Crippen molar-refractivity contribution < 1.29 is 13.6 Å². The van der Waals surface area contributed by atoms with E-state index in [-0.39, 0.29) is 12.3 Å². The first kappa shape index (κ1) is 18.0. The number of carbonyl (C=O) groups excluding carboxylic acids is 1. The van der Waals surface area contributed by atoms with Crippen molar-refractivity contribution >= 4 is 33.7 Å². The van der Waals surface area contributed by atoms with Crippen molar-refractivity contribution in [3.63, 3.8) is 0 Å². The van der Waals surface area contributed by atoms with E-state index in [1.54, 1.807) is 18.5 Å². The Bertz CT molecular complexity index is 1300. The lowest BCUT2D eigenvalue weighted by Gasteiger charge is -2.11. The summed E-state index contributed by atoms with van der Waals surface area (Å²) in [6.45, 7) is 7.54. The molecule has 0 aliphatic rings. The van der Waals surface area contributed by atoms with Gasteiger partial charge in [0, 0.05) is 22.5 Å². The Balaban J connectivity index is 1.78. The van der Waals surface area contributed by atoms with E-state index in [2.05, 4.69) is 10.3 Å². The van der Waals surface area contributed by atoms with E-state index in [4.69, 9.17) is 8.83 Å². The quantitative estimate of drug-likeness (QED) is 0.537. The number of carbonyl (C=O) groups is 1. The Labute approximate surface area is 161 Å². The van der Waals surface area contributed by atoms with Crippen LogP contribution >= 0.6 is 0 Å². The van der Waals surface area contributed by atoms with Crippen LogP contribution in [0.2, 0.25) is 0 Å². The third-order valence-electron chi connectivity index (χ3n) is 5.14. The number of nitrogens with one attached hydrogen (secondary N) is 1. The highest BCUT2D eigenvalue weighted by atomic mass is 16.4. The van der Waals surface area contributed by atoms with Crippen LogP contribution in [-0.2, 0) is 11.2 Å². The number of anilines is 1. The molecule has 1 N–H and O–H groups in total. The third kappa shape index (κ3) is 2.87. The molecule has 0 bridgehead atoms. The Morgan fingerprint density at radius 1 is 1.07 bits per heavy atom. The van der Waals surface area contributed by atoms with Gasteiger partial charge in [-0.05, 0) is 56.5 Å². The molecule has 3 heterocycles. The van der Waals surface area contributed by atoms with Gasteiger partial charge in [-0.1, -0.05) is 6.07 Å². The second kappa shape index (κ2) is 6.64. The Morgan fingerprint density at radius 2 is 1.86 bits per heavy atom. The average Bonchev–Trinajstić information content (AvgIpc) is 3.03. The van der Waals surface area contributed by atoms with Gasteiger partial charge in [0.15, 0.2) is 0 Å². The van der Waals surface area contributed by atoms with Gasteiger partial charge >= 0.3 is 5.63 Å². The third-order valence-corrected chi connectivity index (χ3v) is 5.14. The highest BCUT2D eigenvalue weighted by molar-refractivity contribution is 6.00. The summed E-state index contributed by atoms with van der Waals surface area (Å²) in [4.78, 5) is 29.3. The minimum Gasteiger partial charge on any atom is -0.464 e. The van der Waals surface area contributed by atoms with Gasteiger partial charge in [-0.25, -0.2) is 9.78 Å². The number of aromatic nitrogens is 1. The average molecular weight is 376 g/mol. The maximum absolute atomic E-state index is 12.6. The number of hydrogen-bond acceptors (Lipinski definition) is 5. The summed E-state index contributed by atoms with van der Waals surface area (Å²) in [5, 5.41) is 4.55. The van der Waals surface area contributed by atoms with E-state index in [0.29, 0.717) is 22.5 Å². The van der Waals surface area contributed by atoms with Crippen LogP contribution in [0.5, 0.6) is 0 Å². The summed E-state index contributed by atoms with van der Waals surface area (Å²) in [5.74, 6) is 0.177. The van der Waals surface area contributed by atoms with Crippen LogP contribution in [-0.4, -0.2) is 10.9 Å². The summed E-state index contributed by atoms with van der Waals surface area (Å²) in [5.41, 5.74) is 4.42. The molecule has 0 aliphatic heterocycles. The van der Waals surface area contributed by atoms with Crippen LogP contribution < -0.4 is 10.9 Å². The molecule has 4 rings (SSSR count). The van der Waals surface area contributed by atoms with Crippen molar-refractivity contribution in [3.05, 3.63) is 68.9 Å². The summed E-state index contributed by atoms with van der Waals surface area (Å²) >= 11 is 0. The fourth-order valence-corrected chi connectivity index (χ4v) is 3.48. The van der Waals surface area contributed by atoms with Crippen molar-refractivity contribution in [1.82, 2.24) is 4.98 Å². The molecule has 0 saturated heterocycles. The molecule has 3 aromatic heterocycles. The van der Waals surface area contributed by atoms with Crippen molar-refractivity contribution in [2.45, 2.75) is 34.1 Å². The topological polar surface area (TPSA) is 85.3 Å². The number of pyridine rings is 1. The number of aryl methyl sites for hydroxylation is 4. The maximum atomic E-state index is 12.6. The van der Waals surface area contributed by atoms with Crippen molar-refractivity contribution in [3.8, 4) is 0 Å². The Hall–Kier alpha value is -3.41. The minimum absolute atomic E-state index is 0.0818. The zero-order valence-corrected chi connectivity index (χ0v) is 16.2. The van der Waals surface area contributed by atoms with Crippen molar-refractivity contribution in [2.75, 3.05) is 5.32 Å². The molecule has 0 spiro atoms. The zero-order chi connectivity index (χ0) is 20.0. The smallest absolute Gasteiger partial charge is 0.340 e. The number of nitrogens with zero attached hydrogens (tertiary/aromatic N) is 1. The van der Waals surface area contributed by atoms with E-state index < -0.39 is 5.63 Å². The minimum atomic E-state index is -0.511. The van der Waals surface area contributed by atoms with Gasteiger partial charge in [-0.2, -0.15) is 0 Å².